The summed E-state index contributed by atoms with van der Waals surface area (Å²) in [5, 5.41) is 0. The van der Waals surface area contributed by atoms with Gasteiger partial charge in [0.2, 0.25) is 5.91 Å². The van der Waals surface area contributed by atoms with Crippen molar-refractivity contribution in [1.29, 1.82) is 0 Å². The Balaban J connectivity index is 1.24. The van der Waals surface area contributed by atoms with E-state index >= 15 is 0 Å². The lowest BCUT2D eigenvalue weighted by Crippen LogP contribution is -2.49. The first-order valence-electron chi connectivity index (χ1n) is 15.1. The van der Waals surface area contributed by atoms with Crippen molar-refractivity contribution >= 4 is 17.4 Å². The van der Waals surface area contributed by atoms with E-state index < -0.39 is 0 Å². The van der Waals surface area contributed by atoms with Crippen LogP contribution in [0.15, 0.2) is 30.9 Å². The molecule has 0 spiro atoms. The van der Waals surface area contributed by atoms with Crippen LogP contribution in [-0.2, 0) is 28.8 Å². The lowest BCUT2D eigenvalue weighted by molar-refractivity contribution is -0.126. The Kier molecular flexibility index (Phi) is 8.57. The van der Waals surface area contributed by atoms with E-state index in [1.165, 1.54) is 22.9 Å². The molecule has 10 heteroatoms. The highest BCUT2D eigenvalue weighted by atomic mass is 16.5. The van der Waals surface area contributed by atoms with Gasteiger partial charge in [-0.15, -0.1) is 0 Å². The Morgan fingerprint density at radius 3 is 2.71 bits per heavy atom. The molecule has 3 aliphatic heterocycles. The molecule has 0 N–H and O–H groups in total. The number of anilines is 2. The highest BCUT2D eigenvalue weighted by Crippen LogP contribution is 2.37. The molecule has 1 amide bonds. The maximum atomic E-state index is 12.2. The number of morpholine rings is 1. The molecule has 220 valence electrons. The maximum Gasteiger partial charge on any atom is 0.318 e. The van der Waals surface area contributed by atoms with Gasteiger partial charge in [0.15, 0.2) is 0 Å². The summed E-state index contributed by atoms with van der Waals surface area (Å²) >= 11 is 0. The van der Waals surface area contributed by atoms with Gasteiger partial charge in [-0.3, -0.25) is 9.69 Å². The van der Waals surface area contributed by atoms with Crippen LogP contribution in [0, 0.1) is 0 Å². The Hall–Kier alpha value is -3.37. The van der Waals surface area contributed by atoms with Crippen LogP contribution in [0.1, 0.15) is 29.7 Å². The second kappa shape index (κ2) is 12.7. The van der Waals surface area contributed by atoms with Crippen LogP contribution in [0.4, 0.5) is 11.5 Å². The number of fused-ring (bicyclic) bond motifs is 2. The largest absolute Gasteiger partial charge is 0.497 e. The van der Waals surface area contributed by atoms with Crippen LogP contribution in [0.5, 0.6) is 11.8 Å². The van der Waals surface area contributed by atoms with E-state index in [0.29, 0.717) is 31.7 Å². The number of amides is 1. The van der Waals surface area contributed by atoms with Crippen molar-refractivity contribution in [2.24, 2.45) is 0 Å². The van der Waals surface area contributed by atoms with E-state index in [0.717, 1.165) is 102 Å². The minimum absolute atomic E-state index is 0.0113. The number of rotatable bonds is 8. The van der Waals surface area contributed by atoms with Crippen LogP contribution < -0.4 is 19.3 Å². The average molecular weight is 563 g/mol. The monoisotopic (exact) mass is 562 g/mol. The van der Waals surface area contributed by atoms with Crippen molar-refractivity contribution in [3.8, 4) is 11.8 Å². The molecule has 0 bridgehead atoms. The van der Waals surface area contributed by atoms with Gasteiger partial charge in [-0.1, -0.05) is 12.6 Å². The van der Waals surface area contributed by atoms with Gasteiger partial charge in [0.25, 0.3) is 0 Å². The number of carbonyl (C=O) groups excluding carboxylic acids is 1. The van der Waals surface area contributed by atoms with E-state index in [9.17, 15) is 4.79 Å². The Bertz CT molecular complexity index is 1240. The topological polar surface area (TPSA) is 83.5 Å². The van der Waals surface area contributed by atoms with Crippen molar-refractivity contribution in [2.45, 2.75) is 38.1 Å². The number of methoxy groups -OCH3 is 1. The summed E-state index contributed by atoms with van der Waals surface area (Å²) in [6.07, 6.45) is 6.48. The number of nitrogens with zero attached hydrogens (tertiary/aromatic N) is 6. The molecule has 2 saturated heterocycles. The maximum absolute atomic E-state index is 12.2. The molecule has 2 fully saturated rings. The van der Waals surface area contributed by atoms with Crippen molar-refractivity contribution < 1.29 is 19.0 Å². The number of ether oxygens (including phenoxy) is 3. The Morgan fingerprint density at radius 1 is 1.10 bits per heavy atom. The van der Waals surface area contributed by atoms with Crippen LogP contribution in [-0.4, -0.2) is 111 Å². The lowest BCUT2D eigenvalue weighted by Gasteiger charge is -2.41. The van der Waals surface area contributed by atoms with Crippen LogP contribution in [0.3, 0.4) is 0 Å². The van der Waals surface area contributed by atoms with Gasteiger partial charge in [-0.25, -0.2) is 0 Å². The minimum atomic E-state index is -0.0113. The molecule has 6 rings (SSSR count). The molecule has 4 aliphatic rings. The van der Waals surface area contributed by atoms with Gasteiger partial charge in [0, 0.05) is 82.1 Å². The van der Waals surface area contributed by atoms with Gasteiger partial charge >= 0.3 is 6.01 Å². The van der Waals surface area contributed by atoms with Crippen molar-refractivity contribution in [2.75, 3.05) is 89.1 Å². The van der Waals surface area contributed by atoms with Crippen molar-refractivity contribution in [1.82, 2.24) is 19.8 Å². The molecule has 10 nitrogen and oxygen atoms in total. The fourth-order valence-electron chi connectivity index (χ4n) is 6.60. The van der Waals surface area contributed by atoms with Gasteiger partial charge in [0.05, 0.1) is 26.0 Å². The summed E-state index contributed by atoms with van der Waals surface area (Å²) in [5.41, 5.74) is 5.01. The Labute approximate surface area is 242 Å². The molecule has 41 heavy (non-hydrogen) atoms. The molecule has 1 aromatic carbocycles. The molecule has 4 heterocycles. The van der Waals surface area contributed by atoms with Gasteiger partial charge in [-0.2, -0.15) is 9.97 Å². The van der Waals surface area contributed by atoms with Gasteiger partial charge in [-0.05, 0) is 43.4 Å². The Morgan fingerprint density at radius 2 is 1.93 bits per heavy atom. The van der Waals surface area contributed by atoms with Gasteiger partial charge < -0.3 is 28.9 Å². The molecular formula is C31H42N6O4. The number of carbonyl (C=O) groups is 1. The molecule has 1 atom stereocenters. The first-order chi connectivity index (χ1) is 20.1. The normalized spacial score (nSPS) is 21.2. The second-order valence-electron chi connectivity index (χ2n) is 11.3. The van der Waals surface area contributed by atoms with Crippen LogP contribution in [0.2, 0.25) is 0 Å². The van der Waals surface area contributed by atoms with E-state index in [4.69, 9.17) is 24.2 Å². The quantitative estimate of drug-likeness (QED) is 0.450. The summed E-state index contributed by atoms with van der Waals surface area (Å²) in [4.78, 5) is 31.3. The number of piperazine rings is 1. The van der Waals surface area contributed by atoms with Crippen molar-refractivity contribution in [3.63, 3.8) is 0 Å². The number of hydrogen-bond donors (Lipinski definition) is 0. The number of aromatic nitrogens is 2. The van der Waals surface area contributed by atoms with Crippen LogP contribution in [0.25, 0.3) is 0 Å². The van der Waals surface area contributed by atoms with Crippen molar-refractivity contribution in [3.05, 3.63) is 47.7 Å². The number of hydrogen-bond acceptors (Lipinski definition) is 9. The fraction of sp³-hybridized carbons (Fsp3) is 0.581. The lowest BCUT2D eigenvalue weighted by atomic mass is 9.88. The van der Waals surface area contributed by atoms with E-state index in [1.54, 1.807) is 7.11 Å². The van der Waals surface area contributed by atoms with Crippen LogP contribution >= 0.6 is 0 Å². The second-order valence-corrected chi connectivity index (χ2v) is 11.3. The predicted octanol–water partition coefficient (Wildman–Crippen LogP) is 2.34. The zero-order valence-corrected chi connectivity index (χ0v) is 24.2. The summed E-state index contributed by atoms with van der Waals surface area (Å²) < 4.78 is 17.3. The third kappa shape index (κ3) is 6.13. The first kappa shape index (κ1) is 27.8. The zero-order valence-electron chi connectivity index (χ0n) is 24.2. The zero-order chi connectivity index (χ0) is 28.2. The number of aryl methyl sites for hydroxylation is 1. The van der Waals surface area contributed by atoms with E-state index in [2.05, 4.69) is 39.5 Å². The van der Waals surface area contributed by atoms with E-state index in [1.807, 2.05) is 4.90 Å². The fourth-order valence-corrected chi connectivity index (χ4v) is 6.60. The standard InChI is InChI=1S/C31H42N6O4/c1-3-29(38)35-11-13-36(14-12-35)30-26-9-7-24(37-10-4-5-23-6-8-25(39-2)22-28(23)37)21-27(26)32-31(33-30)41-20-17-34-15-18-40-19-16-34/h3,6,8,22,24H,1,4-5,7,9-21H2,2H3. The highest BCUT2D eigenvalue weighted by Gasteiger charge is 2.33. The number of benzene rings is 1. The smallest absolute Gasteiger partial charge is 0.318 e. The third-order valence-corrected chi connectivity index (χ3v) is 8.90. The summed E-state index contributed by atoms with van der Waals surface area (Å²) in [5.74, 6) is 1.87. The first-order valence-corrected chi connectivity index (χ1v) is 15.1. The SMILES string of the molecule is C=CC(=O)N1CCN(c2nc(OCCN3CCOCC3)nc3c2CCC(N2CCCc4ccc(OC)cc42)C3)CC1. The summed E-state index contributed by atoms with van der Waals surface area (Å²) in [6.45, 7) is 12.3. The van der Waals surface area contributed by atoms with Gasteiger partial charge in [0.1, 0.15) is 18.2 Å². The summed E-state index contributed by atoms with van der Waals surface area (Å²) in [7, 11) is 1.73. The van der Waals surface area contributed by atoms with E-state index in [-0.39, 0.29) is 5.91 Å². The predicted molar refractivity (Wildman–Crippen MR) is 158 cm³/mol. The molecular weight excluding hydrogens is 520 g/mol. The summed E-state index contributed by atoms with van der Waals surface area (Å²) in [6, 6.07) is 7.30. The third-order valence-electron chi connectivity index (χ3n) is 8.90. The highest BCUT2D eigenvalue weighted by molar-refractivity contribution is 5.87. The molecule has 1 aliphatic carbocycles. The molecule has 0 saturated carbocycles. The minimum Gasteiger partial charge on any atom is -0.497 e. The average Bonchev–Trinajstić information content (AvgIpc) is 3.03. The molecule has 1 aromatic heterocycles. The molecule has 2 aromatic rings. The molecule has 1 unspecified atom stereocenters. The molecule has 0 radical (unpaired) electrons.